The molecule has 3 aromatic rings. The summed E-state index contributed by atoms with van der Waals surface area (Å²) in [5, 5.41) is 1.15. The molecule has 2 aromatic heterocycles. The molecule has 0 unspecified atom stereocenters. The van der Waals surface area contributed by atoms with Crippen LogP contribution in [-0.2, 0) is 5.41 Å². The number of hydrogen-bond acceptors (Lipinski definition) is 2. The van der Waals surface area contributed by atoms with E-state index in [0.717, 1.165) is 27.9 Å². The molecule has 2 heteroatoms. The molecule has 2 heterocycles. The summed E-state index contributed by atoms with van der Waals surface area (Å²) in [7, 11) is 0. The Morgan fingerprint density at radius 2 is 1.65 bits per heavy atom. The molecule has 0 spiro atoms. The van der Waals surface area contributed by atoms with Crippen LogP contribution in [0.4, 0.5) is 0 Å². The summed E-state index contributed by atoms with van der Waals surface area (Å²) in [6.45, 7) is 6.56. The summed E-state index contributed by atoms with van der Waals surface area (Å²) < 4.78 is 0. The highest BCUT2D eigenvalue weighted by Crippen LogP contribution is 2.31. The molecule has 100 valence electrons. The Bertz CT molecular complexity index is 740. The van der Waals surface area contributed by atoms with Gasteiger partial charge in [-0.1, -0.05) is 45.0 Å². The first-order valence-electron chi connectivity index (χ1n) is 6.87. The Kier molecular flexibility index (Phi) is 3.01. The Morgan fingerprint density at radius 1 is 0.900 bits per heavy atom. The van der Waals surface area contributed by atoms with Crippen LogP contribution in [0.5, 0.6) is 0 Å². The van der Waals surface area contributed by atoms with Crippen LogP contribution in [0.15, 0.2) is 54.7 Å². The molecule has 0 fully saturated rings. The van der Waals surface area contributed by atoms with Gasteiger partial charge < -0.3 is 0 Å². The minimum atomic E-state index is 0.0214. The van der Waals surface area contributed by atoms with Crippen molar-refractivity contribution < 1.29 is 0 Å². The van der Waals surface area contributed by atoms with Gasteiger partial charge in [0.1, 0.15) is 0 Å². The van der Waals surface area contributed by atoms with Crippen LogP contribution < -0.4 is 0 Å². The lowest BCUT2D eigenvalue weighted by Crippen LogP contribution is -2.13. The lowest BCUT2D eigenvalue weighted by atomic mass is 9.89. The van der Waals surface area contributed by atoms with E-state index < -0.39 is 0 Å². The zero-order chi connectivity index (χ0) is 14.2. The summed E-state index contributed by atoms with van der Waals surface area (Å²) in [6, 6.07) is 16.4. The van der Waals surface area contributed by atoms with Gasteiger partial charge in [0.25, 0.3) is 0 Å². The van der Waals surface area contributed by atoms with Crippen molar-refractivity contribution in [1.82, 2.24) is 9.97 Å². The van der Waals surface area contributed by atoms with E-state index in [4.69, 9.17) is 4.98 Å². The molecule has 0 N–H and O–H groups in total. The van der Waals surface area contributed by atoms with Crippen LogP contribution in [-0.4, -0.2) is 9.97 Å². The monoisotopic (exact) mass is 262 g/mol. The van der Waals surface area contributed by atoms with Crippen LogP contribution in [0.2, 0.25) is 0 Å². The topological polar surface area (TPSA) is 25.8 Å². The van der Waals surface area contributed by atoms with Crippen molar-refractivity contribution >= 4 is 10.9 Å². The molecule has 0 bridgehead atoms. The molecule has 0 aliphatic heterocycles. The minimum Gasteiger partial charge on any atom is -0.256 e. The van der Waals surface area contributed by atoms with Crippen molar-refractivity contribution in [2.24, 2.45) is 0 Å². The molecule has 2 nitrogen and oxygen atoms in total. The maximum absolute atomic E-state index is 4.80. The van der Waals surface area contributed by atoms with Crippen LogP contribution in [0.1, 0.15) is 26.5 Å². The fourth-order valence-electron chi connectivity index (χ4n) is 2.29. The maximum Gasteiger partial charge on any atom is 0.0712 e. The molecule has 1 aromatic carbocycles. The van der Waals surface area contributed by atoms with Gasteiger partial charge in [-0.15, -0.1) is 0 Å². The second kappa shape index (κ2) is 4.71. The third kappa shape index (κ3) is 2.29. The number of para-hydroxylation sites is 1. The maximum atomic E-state index is 4.80. The number of pyridine rings is 2. The first-order valence-corrected chi connectivity index (χ1v) is 6.87. The highest BCUT2D eigenvalue weighted by Gasteiger charge is 2.18. The SMILES string of the molecule is CC(C)(C)c1cc(-c2ccccn2)c2ccccc2n1. The van der Waals surface area contributed by atoms with Gasteiger partial charge >= 0.3 is 0 Å². The lowest BCUT2D eigenvalue weighted by Gasteiger charge is -2.20. The van der Waals surface area contributed by atoms with Crippen molar-refractivity contribution in [3.63, 3.8) is 0 Å². The highest BCUT2D eigenvalue weighted by atomic mass is 14.7. The summed E-state index contributed by atoms with van der Waals surface area (Å²) in [5.41, 5.74) is 4.29. The van der Waals surface area contributed by atoms with E-state index in [0.29, 0.717) is 0 Å². The van der Waals surface area contributed by atoms with Gasteiger partial charge in [-0.3, -0.25) is 9.97 Å². The lowest BCUT2D eigenvalue weighted by molar-refractivity contribution is 0.572. The second-order valence-electron chi connectivity index (χ2n) is 6.04. The molecule has 0 amide bonds. The number of rotatable bonds is 1. The molecule has 3 rings (SSSR count). The van der Waals surface area contributed by atoms with E-state index in [2.05, 4.69) is 44.0 Å². The zero-order valence-corrected chi connectivity index (χ0v) is 12.1. The summed E-state index contributed by atoms with van der Waals surface area (Å²) in [5.74, 6) is 0. The molecular formula is C18H18N2. The number of aromatic nitrogens is 2. The first-order chi connectivity index (χ1) is 9.55. The fraction of sp³-hybridized carbons (Fsp3) is 0.222. The predicted octanol–water partition coefficient (Wildman–Crippen LogP) is 4.59. The van der Waals surface area contributed by atoms with Crippen LogP contribution >= 0.6 is 0 Å². The molecule has 0 aliphatic carbocycles. The summed E-state index contributed by atoms with van der Waals surface area (Å²) in [6.07, 6.45) is 1.83. The number of benzene rings is 1. The van der Waals surface area contributed by atoms with Gasteiger partial charge in [0.2, 0.25) is 0 Å². The quantitative estimate of drug-likeness (QED) is 0.640. The average molecular weight is 262 g/mol. The van der Waals surface area contributed by atoms with Gasteiger partial charge in [0, 0.05) is 28.3 Å². The number of hydrogen-bond donors (Lipinski definition) is 0. The summed E-state index contributed by atoms with van der Waals surface area (Å²) >= 11 is 0. The minimum absolute atomic E-state index is 0.0214. The van der Waals surface area contributed by atoms with Crippen LogP contribution in [0.3, 0.4) is 0 Å². The standard InChI is InChI=1S/C18H18N2/c1-18(2,3)17-12-14(15-9-6-7-11-19-15)13-8-4-5-10-16(13)20-17/h4-12H,1-3H3. The Labute approximate surface area is 119 Å². The van der Waals surface area contributed by atoms with Crippen molar-refractivity contribution in [2.75, 3.05) is 0 Å². The number of nitrogens with zero attached hydrogens (tertiary/aromatic N) is 2. The van der Waals surface area contributed by atoms with E-state index >= 15 is 0 Å². The van der Waals surface area contributed by atoms with Gasteiger partial charge in [-0.2, -0.15) is 0 Å². The highest BCUT2D eigenvalue weighted by molar-refractivity contribution is 5.93. The molecule has 20 heavy (non-hydrogen) atoms. The fourth-order valence-corrected chi connectivity index (χ4v) is 2.29. The smallest absolute Gasteiger partial charge is 0.0712 e. The molecule has 0 radical (unpaired) electrons. The van der Waals surface area contributed by atoms with Crippen molar-refractivity contribution in [3.8, 4) is 11.3 Å². The molecule has 0 saturated heterocycles. The van der Waals surface area contributed by atoms with E-state index in [1.165, 1.54) is 0 Å². The Morgan fingerprint density at radius 3 is 2.35 bits per heavy atom. The van der Waals surface area contributed by atoms with E-state index in [9.17, 15) is 0 Å². The average Bonchev–Trinajstić information content (AvgIpc) is 2.46. The molecule has 0 atom stereocenters. The van der Waals surface area contributed by atoms with Gasteiger partial charge in [0.15, 0.2) is 0 Å². The molecule has 0 aliphatic rings. The van der Waals surface area contributed by atoms with Gasteiger partial charge in [-0.25, -0.2) is 0 Å². The second-order valence-corrected chi connectivity index (χ2v) is 6.04. The third-order valence-electron chi connectivity index (χ3n) is 3.43. The predicted molar refractivity (Wildman–Crippen MR) is 83.7 cm³/mol. The Hall–Kier alpha value is -2.22. The largest absolute Gasteiger partial charge is 0.256 e. The van der Waals surface area contributed by atoms with Crippen LogP contribution in [0.25, 0.3) is 22.2 Å². The zero-order valence-electron chi connectivity index (χ0n) is 12.1. The summed E-state index contributed by atoms with van der Waals surface area (Å²) in [4.78, 5) is 9.30. The number of fused-ring (bicyclic) bond motifs is 1. The van der Waals surface area contributed by atoms with E-state index in [-0.39, 0.29) is 5.41 Å². The van der Waals surface area contributed by atoms with E-state index in [1.54, 1.807) is 0 Å². The normalized spacial score (nSPS) is 11.8. The third-order valence-corrected chi connectivity index (χ3v) is 3.43. The van der Waals surface area contributed by atoms with Crippen LogP contribution in [0, 0.1) is 0 Å². The Balaban J connectivity index is 2.34. The molecular weight excluding hydrogens is 244 g/mol. The first kappa shape index (κ1) is 12.8. The van der Waals surface area contributed by atoms with Gasteiger partial charge in [-0.05, 0) is 24.3 Å². The van der Waals surface area contributed by atoms with Gasteiger partial charge in [0.05, 0.1) is 11.2 Å². The molecule has 0 saturated carbocycles. The van der Waals surface area contributed by atoms with Crippen molar-refractivity contribution in [1.29, 1.82) is 0 Å². The van der Waals surface area contributed by atoms with Crippen molar-refractivity contribution in [2.45, 2.75) is 26.2 Å². The van der Waals surface area contributed by atoms with E-state index in [1.807, 2.05) is 36.5 Å². The van der Waals surface area contributed by atoms with Crippen molar-refractivity contribution in [3.05, 3.63) is 60.4 Å².